The van der Waals surface area contributed by atoms with Gasteiger partial charge in [-0.3, -0.25) is 4.79 Å². The standard InChI is InChI=1S/C24H21ClF2N2O4/c1-3-20(18-5-4-6-21(33-2)22(18)25)29(13-14-7-8-19(24(31)32)28-12-14)23(30)15-9-16(26)11-17(27)10-15/h4-12,20H,3,13H2,1-2H3,(H,31,32)/t20-/m0/s1. The number of aromatic carboxylic acids is 1. The normalized spacial score (nSPS) is 11.7. The summed E-state index contributed by atoms with van der Waals surface area (Å²) in [4.78, 5) is 29.9. The first-order valence-electron chi connectivity index (χ1n) is 10.0. The van der Waals surface area contributed by atoms with E-state index < -0.39 is 29.6 Å². The van der Waals surface area contributed by atoms with Crippen molar-refractivity contribution < 1.29 is 28.2 Å². The van der Waals surface area contributed by atoms with E-state index in [4.69, 9.17) is 21.4 Å². The van der Waals surface area contributed by atoms with Gasteiger partial charge in [-0.15, -0.1) is 0 Å². The van der Waals surface area contributed by atoms with Gasteiger partial charge in [-0.1, -0.05) is 36.7 Å². The van der Waals surface area contributed by atoms with Gasteiger partial charge in [0, 0.05) is 24.4 Å². The number of hydrogen-bond acceptors (Lipinski definition) is 4. The first-order chi connectivity index (χ1) is 15.7. The maximum absolute atomic E-state index is 13.9. The molecule has 3 aromatic rings. The number of nitrogens with zero attached hydrogens (tertiary/aromatic N) is 2. The summed E-state index contributed by atoms with van der Waals surface area (Å²) < 4.78 is 33.0. The second kappa shape index (κ2) is 10.4. The van der Waals surface area contributed by atoms with Gasteiger partial charge in [0.2, 0.25) is 0 Å². The van der Waals surface area contributed by atoms with Gasteiger partial charge in [-0.25, -0.2) is 18.6 Å². The predicted molar refractivity (Wildman–Crippen MR) is 118 cm³/mol. The molecule has 9 heteroatoms. The summed E-state index contributed by atoms with van der Waals surface area (Å²) in [6.45, 7) is 1.84. The number of ether oxygens (including phenoxy) is 1. The Kier molecular flexibility index (Phi) is 7.60. The van der Waals surface area contributed by atoms with Crippen molar-refractivity contribution in [3.8, 4) is 5.75 Å². The van der Waals surface area contributed by atoms with Gasteiger partial charge >= 0.3 is 5.97 Å². The molecule has 0 unspecified atom stereocenters. The molecular weight excluding hydrogens is 454 g/mol. The van der Waals surface area contributed by atoms with E-state index in [2.05, 4.69) is 4.98 Å². The lowest BCUT2D eigenvalue weighted by atomic mass is 10.00. The molecule has 0 bridgehead atoms. The Morgan fingerprint density at radius 1 is 1.15 bits per heavy atom. The SMILES string of the molecule is CC[C@@H](c1cccc(OC)c1Cl)N(Cc1ccc(C(=O)O)nc1)C(=O)c1cc(F)cc(F)c1. The summed E-state index contributed by atoms with van der Waals surface area (Å²) in [5.74, 6) is -3.14. The predicted octanol–water partition coefficient (Wildman–Crippen LogP) is 5.51. The van der Waals surface area contributed by atoms with E-state index in [9.17, 15) is 18.4 Å². The number of pyridine rings is 1. The molecule has 1 aromatic heterocycles. The molecule has 0 aliphatic carbocycles. The van der Waals surface area contributed by atoms with Crippen molar-refractivity contribution in [2.45, 2.75) is 25.9 Å². The first kappa shape index (κ1) is 24.1. The zero-order valence-corrected chi connectivity index (χ0v) is 18.6. The minimum atomic E-state index is -1.18. The van der Waals surface area contributed by atoms with Crippen LogP contribution in [0.5, 0.6) is 5.75 Å². The van der Waals surface area contributed by atoms with E-state index in [0.717, 1.165) is 12.1 Å². The highest BCUT2D eigenvalue weighted by Crippen LogP contribution is 2.37. The van der Waals surface area contributed by atoms with Crippen LogP contribution in [0.2, 0.25) is 5.02 Å². The molecule has 0 aliphatic rings. The van der Waals surface area contributed by atoms with Crippen LogP contribution in [0.1, 0.15) is 51.4 Å². The molecule has 1 heterocycles. The number of methoxy groups -OCH3 is 1. The fraction of sp³-hybridized carbons (Fsp3) is 0.208. The Hall–Kier alpha value is -3.52. The zero-order valence-electron chi connectivity index (χ0n) is 17.9. The highest BCUT2D eigenvalue weighted by molar-refractivity contribution is 6.32. The number of carboxylic acids is 1. The molecule has 0 fully saturated rings. The molecule has 0 aliphatic heterocycles. The number of amides is 1. The van der Waals surface area contributed by atoms with Gasteiger partial charge in [-0.05, 0) is 41.8 Å². The highest BCUT2D eigenvalue weighted by atomic mass is 35.5. The van der Waals surface area contributed by atoms with Crippen LogP contribution >= 0.6 is 11.6 Å². The number of carboxylic acid groups (broad SMARTS) is 1. The summed E-state index contributed by atoms with van der Waals surface area (Å²) >= 11 is 6.53. The monoisotopic (exact) mass is 474 g/mol. The van der Waals surface area contributed by atoms with E-state index >= 15 is 0 Å². The summed E-state index contributed by atoms with van der Waals surface area (Å²) in [7, 11) is 1.47. The third kappa shape index (κ3) is 5.46. The van der Waals surface area contributed by atoms with Crippen molar-refractivity contribution in [1.29, 1.82) is 0 Å². The number of carbonyl (C=O) groups excluding carboxylic acids is 1. The van der Waals surface area contributed by atoms with Crippen molar-refractivity contribution in [3.63, 3.8) is 0 Å². The second-order valence-electron chi connectivity index (χ2n) is 7.24. The number of carbonyl (C=O) groups is 2. The van der Waals surface area contributed by atoms with Crippen LogP contribution in [-0.4, -0.2) is 34.0 Å². The number of hydrogen-bond donors (Lipinski definition) is 1. The Morgan fingerprint density at radius 2 is 1.85 bits per heavy atom. The molecule has 1 amide bonds. The van der Waals surface area contributed by atoms with Crippen LogP contribution in [0.4, 0.5) is 8.78 Å². The molecule has 33 heavy (non-hydrogen) atoms. The number of rotatable bonds is 8. The zero-order chi connectivity index (χ0) is 24.1. The van der Waals surface area contributed by atoms with E-state index in [1.54, 1.807) is 18.2 Å². The van der Waals surface area contributed by atoms with Gasteiger partial charge in [-0.2, -0.15) is 0 Å². The van der Waals surface area contributed by atoms with Gasteiger partial charge < -0.3 is 14.7 Å². The van der Waals surface area contributed by atoms with Crippen molar-refractivity contribution in [3.05, 3.63) is 93.8 Å². The number of halogens is 3. The average Bonchev–Trinajstić information content (AvgIpc) is 2.79. The van der Waals surface area contributed by atoms with Gasteiger partial charge in [0.15, 0.2) is 0 Å². The van der Waals surface area contributed by atoms with Crippen molar-refractivity contribution in [2.75, 3.05) is 7.11 Å². The summed E-state index contributed by atoms with van der Waals surface area (Å²) in [6.07, 6.45) is 1.77. The first-order valence-corrected chi connectivity index (χ1v) is 10.4. The molecule has 0 saturated heterocycles. The minimum absolute atomic E-state index is 0.00406. The van der Waals surface area contributed by atoms with E-state index in [1.807, 2.05) is 6.92 Å². The van der Waals surface area contributed by atoms with Crippen molar-refractivity contribution in [1.82, 2.24) is 9.88 Å². The molecule has 0 saturated carbocycles. The van der Waals surface area contributed by atoms with Crippen LogP contribution in [0.15, 0.2) is 54.7 Å². The molecule has 0 spiro atoms. The Bertz CT molecular complexity index is 1150. The van der Waals surface area contributed by atoms with Crippen molar-refractivity contribution >= 4 is 23.5 Å². The van der Waals surface area contributed by atoms with Crippen LogP contribution < -0.4 is 4.74 Å². The fourth-order valence-corrected chi connectivity index (χ4v) is 3.89. The lowest BCUT2D eigenvalue weighted by molar-refractivity contribution is 0.0647. The lowest BCUT2D eigenvalue weighted by Crippen LogP contribution is -2.34. The highest BCUT2D eigenvalue weighted by Gasteiger charge is 2.28. The summed E-state index contributed by atoms with van der Waals surface area (Å²) in [6, 6.07) is 10.0. The van der Waals surface area contributed by atoms with Crippen LogP contribution in [0, 0.1) is 11.6 Å². The Balaban J connectivity index is 2.08. The maximum Gasteiger partial charge on any atom is 0.354 e. The third-order valence-corrected chi connectivity index (χ3v) is 5.51. The molecule has 1 N–H and O–H groups in total. The number of aromatic nitrogens is 1. The largest absolute Gasteiger partial charge is 0.495 e. The molecule has 0 radical (unpaired) electrons. The quantitative estimate of drug-likeness (QED) is 0.465. The van der Waals surface area contributed by atoms with E-state index in [1.165, 1.54) is 30.3 Å². The van der Waals surface area contributed by atoms with Crippen LogP contribution in [0.3, 0.4) is 0 Å². The molecule has 6 nitrogen and oxygen atoms in total. The number of benzene rings is 2. The Labute approximate surface area is 194 Å². The van der Waals surface area contributed by atoms with Crippen LogP contribution in [-0.2, 0) is 6.54 Å². The van der Waals surface area contributed by atoms with Gasteiger partial charge in [0.05, 0.1) is 18.2 Å². The molecule has 3 rings (SSSR count). The van der Waals surface area contributed by atoms with E-state index in [0.29, 0.717) is 34.4 Å². The van der Waals surface area contributed by atoms with Gasteiger partial charge in [0.1, 0.15) is 23.1 Å². The minimum Gasteiger partial charge on any atom is -0.495 e. The topological polar surface area (TPSA) is 79.7 Å². The maximum atomic E-state index is 13.9. The smallest absolute Gasteiger partial charge is 0.354 e. The summed E-state index contributed by atoms with van der Waals surface area (Å²) in [5.41, 5.74) is 0.813. The molecule has 1 atom stereocenters. The fourth-order valence-electron chi connectivity index (χ4n) is 3.56. The molecule has 172 valence electrons. The van der Waals surface area contributed by atoms with E-state index in [-0.39, 0.29) is 17.8 Å². The molecule has 2 aromatic carbocycles. The lowest BCUT2D eigenvalue weighted by Gasteiger charge is -2.32. The Morgan fingerprint density at radius 3 is 2.39 bits per heavy atom. The second-order valence-corrected chi connectivity index (χ2v) is 7.61. The van der Waals surface area contributed by atoms with Crippen LogP contribution in [0.25, 0.3) is 0 Å². The average molecular weight is 475 g/mol. The summed E-state index contributed by atoms with van der Waals surface area (Å²) in [5, 5.41) is 9.39. The molecular formula is C24H21ClF2N2O4. The van der Waals surface area contributed by atoms with Gasteiger partial charge in [0.25, 0.3) is 5.91 Å². The van der Waals surface area contributed by atoms with Crippen molar-refractivity contribution in [2.24, 2.45) is 0 Å². The third-order valence-electron chi connectivity index (χ3n) is 5.10.